The molecule has 2 aromatic rings. The number of hydrogen-bond acceptors (Lipinski definition) is 4. The maximum absolute atomic E-state index is 12.5. The van der Waals surface area contributed by atoms with E-state index >= 15 is 0 Å². The van der Waals surface area contributed by atoms with Crippen molar-refractivity contribution in [3.05, 3.63) is 54.1 Å². The molecule has 0 bridgehead atoms. The lowest BCUT2D eigenvalue weighted by atomic mass is 10.1. The average molecular weight is 339 g/mol. The van der Waals surface area contributed by atoms with Crippen LogP contribution in [0.15, 0.2) is 48.5 Å². The lowest BCUT2D eigenvalue weighted by Crippen LogP contribution is -2.48. The molecular formula is C18H17N3O4. The smallest absolute Gasteiger partial charge is 0.267 e. The van der Waals surface area contributed by atoms with E-state index in [1.54, 1.807) is 36.4 Å². The van der Waals surface area contributed by atoms with Crippen molar-refractivity contribution in [3.8, 4) is 5.75 Å². The molecule has 0 radical (unpaired) electrons. The zero-order chi connectivity index (χ0) is 18.0. The molecule has 1 aliphatic rings. The molecule has 1 atom stereocenters. The highest BCUT2D eigenvalue weighted by atomic mass is 16.5. The Bertz CT molecular complexity index is 832. The normalized spacial score (nSPS) is 15.7. The van der Waals surface area contributed by atoms with E-state index < -0.39 is 12.0 Å². The first-order chi connectivity index (χ1) is 12.0. The molecule has 1 aliphatic heterocycles. The third-order valence-electron chi connectivity index (χ3n) is 3.88. The van der Waals surface area contributed by atoms with Gasteiger partial charge < -0.3 is 20.7 Å². The molecule has 7 heteroatoms. The van der Waals surface area contributed by atoms with Gasteiger partial charge in [-0.2, -0.15) is 0 Å². The van der Waals surface area contributed by atoms with Crippen molar-refractivity contribution in [3.63, 3.8) is 0 Å². The topological polar surface area (TPSA) is 102 Å². The molecule has 1 unspecified atom stereocenters. The summed E-state index contributed by atoms with van der Waals surface area (Å²) in [4.78, 5) is 37.0. The molecule has 128 valence electrons. The molecular weight excluding hydrogens is 322 g/mol. The molecule has 1 heterocycles. The van der Waals surface area contributed by atoms with E-state index in [2.05, 4.69) is 5.32 Å². The van der Waals surface area contributed by atoms with Crippen LogP contribution in [0, 0.1) is 0 Å². The second kappa shape index (κ2) is 6.64. The predicted octanol–water partition coefficient (Wildman–Crippen LogP) is 1.54. The molecule has 0 saturated carbocycles. The average Bonchev–Trinajstić information content (AvgIpc) is 2.61. The van der Waals surface area contributed by atoms with Gasteiger partial charge >= 0.3 is 0 Å². The van der Waals surface area contributed by atoms with Crippen LogP contribution in [-0.2, 0) is 9.59 Å². The standard InChI is InChI=1S/C18H17N3O4/c1-11(22)21-10-16(25-15-5-3-2-4-14(15)21)18(24)20-13-8-6-12(7-9-13)17(19)23/h2-9,16H,10H2,1H3,(H2,19,23)(H,20,24). The monoisotopic (exact) mass is 339 g/mol. The fourth-order valence-electron chi connectivity index (χ4n) is 2.61. The number of benzene rings is 2. The summed E-state index contributed by atoms with van der Waals surface area (Å²) in [5.41, 5.74) is 6.69. The van der Waals surface area contributed by atoms with E-state index in [1.165, 1.54) is 24.0 Å². The molecule has 0 spiro atoms. The number of ether oxygens (including phenoxy) is 1. The Balaban J connectivity index is 1.76. The van der Waals surface area contributed by atoms with Gasteiger partial charge in [0.15, 0.2) is 6.10 Å². The number of carbonyl (C=O) groups is 3. The van der Waals surface area contributed by atoms with Gasteiger partial charge in [-0.1, -0.05) is 12.1 Å². The Hall–Kier alpha value is -3.35. The Labute approximate surface area is 144 Å². The van der Waals surface area contributed by atoms with Crippen LogP contribution in [0.25, 0.3) is 0 Å². The summed E-state index contributed by atoms with van der Waals surface area (Å²) >= 11 is 0. The highest BCUT2D eigenvalue weighted by Crippen LogP contribution is 2.33. The van der Waals surface area contributed by atoms with Crippen LogP contribution in [0.2, 0.25) is 0 Å². The lowest BCUT2D eigenvalue weighted by Gasteiger charge is -2.33. The fraction of sp³-hybridized carbons (Fsp3) is 0.167. The molecule has 25 heavy (non-hydrogen) atoms. The molecule has 0 aromatic heterocycles. The van der Waals surface area contributed by atoms with E-state index in [4.69, 9.17) is 10.5 Å². The number of fused-ring (bicyclic) bond motifs is 1. The van der Waals surface area contributed by atoms with Gasteiger partial charge in [0.25, 0.3) is 5.91 Å². The van der Waals surface area contributed by atoms with E-state index in [-0.39, 0.29) is 18.4 Å². The second-order valence-electron chi connectivity index (χ2n) is 5.63. The van der Waals surface area contributed by atoms with Gasteiger partial charge in [0.2, 0.25) is 11.8 Å². The van der Waals surface area contributed by atoms with Gasteiger partial charge in [-0.3, -0.25) is 14.4 Å². The molecule has 3 N–H and O–H groups in total. The number of carbonyl (C=O) groups excluding carboxylic acids is 3. The largest absolute Gasteiger partial charge is 0.476 e. The van der Waals surface area contributed by atoms with Gasteiger partial charge in [0.1, 0.15) is 5.75 Å². The molecule has 7 nitrogen and oxygen atoms in total. The molecule has 3 rings (SSSR count). The van der Waals surface area contributed by atoms with Crippen LogP contribution < -0.4 is 20.7 Å². The van der Waals surface area contributed by atoms with Crippen LogP contribution in [0.5, 0.6) is 5.75 Å². The molecule has 3 amide bonds. The zero-order valence-corrected chi connectivity index (χ0v) is 13.6. The van der Waals surface area contributed by atoms with E-state index in [9.17, 15) is 14.4 Å². The van der Waals surface area contributed by atoms with Crippen LogP contribution in [-0.4, -0.2) is 30.4 Å². The van der Waals surface area contributed by atoms with E-state index in [0.29, 0.717) is 22.7 Å². The summed E-state index contributed by atoms with van der Waals surface area (Å²) in [6.45, 7) is 1.57. The third kappa shape index (κ3) is 3.45. The van der Waals surface area contributed by atoms with Gasteiger partial charge in [-0.15, -0.1) is 0 Å². The Morgan fingerprint density at radius 1 is 1.12 bits per heavy atom. The summed E-state index contributed by atoms with van der Waals surface area (Å²) in [6, 6.07) is 13.3. The quantitative estimate of drug-likeness (QED) is 0.885. The molecule has 0 fully saturated rings. The highest BCUT2D eigenvalue weighted by Gasteiger charge is 2.32. The Morgan fingerprint density at radius 3 is 2.44 bits per heavy atom. The molecule has 2 aromatic carbocycles. The zero-order valence-electron chi connectivity index (χ0n) is 13.6. The number of anilines is 2. The maximum Gasteiger partial charge on any atom is 0.267 e. The number of primary amides is 1. The third-order valence-corrected chi connectivity index (χ3v) is 3.88. The first-order valence-electron chi connectivity index (χ1n) is 7.70. The number of nitrogens with zero attached hydrogens (tertiary/aromatic N) is 1. The number of hydrogen-bond donors (Lipinski definition) is 2. The maximum atomic E-state index is 12.5. The van der Waals surface area contributed by atoms with Gasteiger partial charge in [0, 0.05) is 18.2 Å². The number of para-hydroxylation sites is 2. The summed E-state index contributed by atoms with van der Waals surface area (Å²) in [5.74, 6) is -0.609. The second-order valence-corrected chi connectivity index (χ2v) is 5.63. The predicted molar refractivity (Wildman–Crippen MR) is 92.5 cm³/mol. The number of nitrogens with one attached hydrogen (secondary N) is 1. The van der Waals surface area contributed by atoms with Gasteiger partial charge in [0.05, 0.1) is 12.2 Å². The van der Waals surface area contributed by atoms with Crippen molar-refractivity contribution < 1.29 is 19.1 Å². The van der Waals surface area contributed by atoms with Crippen LogP contribution in [0.3, 0.4) is 0 Å². The van der Waals surface area contributed by atoms with Crippen molar-refractivity contribution in [1.82, 2.24) is 0 Å². The minimum absolute atomic E-state index is 0.123. The SMILES string of the molecule is CC(=O)N1CC(C(=O)Nc2ccc(C(N)=O)cc2)Oc2ccccc21. The molecule has 0 aliphatic carbocycles. The van der Waals surface area contributed by atoms with Crippen molar-refractivity contribution in [2.24, 2.45) is 5.73 Å². The summed E-state index contributed by atoms with van der Waals surface area (Å²) in [5, 5.41) is 2.71. The minimum atomic E-state index is -0.838. The van der Waals surface area contributed by atoms with Crippen molar-refractivity contribution in [2.75, 3.05) is 16.8 Å². The Kier molecular flexibility index (Phi) is 4.38. The first-order valence-corrected chi connectivity index (χ1v) is 7.70. The van der Waals surface area contributed by atoms with E-state index in [1.807, 2.05) is 0 Å². The van der Waals surface area contributed by atoms with Crippen molar-refractivity contribution >= 4 is 29.1 Å². The van der Waals surface area contributed by atoms with Crippen LogP contribution in [0.4, 0.5) is 11.4 Å². The number of nitrogens with two attached hydrogens (primary N) is 1. The number of rotatable bonds is 3. The van der Waals surface area contributed by atoms with Crippen LogP contribution >= 0.6 is 0 Å². The lowest BCUT2D eigenvalue weighted by molar-refractivity contribution is -0.123. The number of amides is 3. The summed E-state index contributed by atoms with van der Waals surface area (Å²) < 4.78 is 5.73. The fourth-order valence-corrected chi connectivity index (χ4v) is 2.61. The van der Waals surface area contributed by atoms with Gasteiger partial charge in [-0.05, 0) is 36.4 Å². The molecule has 0 saturated heterocycles. The van der Waals surface area contributed by atoms with Crippen LogP contribution in [0.1, 0.15) is 17.3 Å². The minimum Gasteiger partial charge on any atom is -0.476 e. The highest BCUT2D eigenvalue weighted by molar-refractivity contribution is 6.00. The summed E-state index contributed by atoms with van der Waals surface area (Å²) in [6.07, 6.45) is -0.838. The van der Waals surface area contributed by atoms with Gasteiger partial charge in [-0.25, -0.2) is 0 Å². The van der Waals surface area contributed by atoms with Crippen molar-refractivity contribution in [1.29, 1.82) is 0 Å². The van der Waals surface area contributed by atoms with E-state index in [0.717, 1.165) is 0 Å². The first kappa shape index (κ1) is 16.5. The Morgan fingerprint density at radius 2 is 1.80 bits per heavy atom. The summed E-state index contributed by atoms with van der Waals surface area (Å²) in [7, 11) is 0. The van der Waals surface area contributed by atoms with Crippen molar-refractivity contribution in [2.45, 2.75) is 13.0 Å².